The van der Waals surface area contributed by atoms with Crippen molar-refractivity contribution in [1.82, 2.24) is 15.0 Å². The Hall–Kier alpha value is -5.19. The van der Waals surface area contributed by atoms with Gasteiger partial charge in [-0.25, -0.2) is 14.8 Å². The number of aryl methyl sites for hydroxylation is 1. The molecular weight excluding hydrogens is 776 g/mol. The van der Waals surface area contributed by atoms with Crippen LogP contribution in [0.25, 0.3) is 11.4 Å². The molecule has 0 unspecified atom stereocenters. The van der Waals surface area contributed by atoms with Gasteiger partial charge in [-0.15, -0.1) is 0 Å². The number of aromatic nitrogens is 3. The number of carboxylic acids is 1. The predicted molar refractivity (Wildman–Crippen MR) is 233 cm³/mol. The van der Waals surface area contributed by atoms with Crippen LogP contribution in [0.4, 0.5) is 5.69 Å². The van der Waals surface area contributed by atoms with Crippen LogP contribution in [0, 0.1) is 11.8 Å². The van der Waals surface area contributed by atoms with Gasteiger partial charge in [-0.3, -0.25) is 4.98 Å². The van der Waals surface area contributed by atoms with E-state index >= 15 is 0 Å². The highest BCUT2D eigenvalue weighted by molar-refractivity contribution is 6.30. The molecular formula is C49H55ClN4O6. The Kier molecular flexibility index (Phi) is 12.6. The molecule has 314 valence electrons. The van der Waals surface area contributed by atoms with E-state index in [0.717, 1.165) is 67.0 Å². The monoisotopic (exact) mass is 830 g/mol. The van der Waals surface area contributed by atoms with Crippen molar-refractivity contribution in [3.8, 4) is 28.6 Å². The normalized spacial score (nSPS) is 22.4. The number of fused-ring (bicyclic) bond motifs is 3. The fraction of sp³-hybridized carbons (Fsp3) is 0.429. The molecule has 3 aromatic carbocycles. The number of rotatable bonds is 16. The number of carboxylic acid groups (broad SMARTS) is 1. The number of nitrogens with one attached hydrogen (secondary N) is 1. The lowest BCUT2D eigenvalue weighted by Crippen LogP contribution is -2.53. The standard InChI is InChI=1S/C49H55ClN4O6/c1-32(30-60-44-17-23-51-42-12-6-8-33(2)45(42)44)26-35-27-34-14-15-39(59-25-24-58-31-38-16-22-52-46(53-38)40-11-4-5-13-43(40)57-3)29-41(34)48(35)18-20-49(21-19-48,47(55)56)54-37-10-7-9-36(50)28-37/h4-5,7,9-11,13-17,22-23,28-29,32-33,35,54H,6,8,12,18-21,24-27,30-31H2,1-3H3,(H,55,56)/t32-,33-,35+,48?,49?/m1/s1. The number of carbonyl (C=O) groups is 1. The molecule has 3 aliphatic rings. The van der Waals surface area contributed by atoms with Crippen LogP contribution < -0.4 is 19.5 Å². The summed E-state index contributed by atoms with van der Waals surface area (Å²) in [5, 5.41) is 14.7. The lowest BCUT2D eigenvalue weighted by Gasteiger charge is -2.47. The van der Waals surface area contributed by atoms with Crippen LogP contribution in [0.1, 0.15) is 92.8 Å². The molecule has 2 aromatic heterocycles. The van der Waals surface area contributed by atoms with E-state index in [1.54, 1.807) is 25.4 Å². The molecule has 11 heteroatoms. The van der Waals surface area contributed by atoms with Crippen LogP contribution in [0.5, 0.6) is 17.2 Å². The maximum absolute atomic E-state index is 13.1. The molecule has 5 aromatic rings. The van der Waals surface area contributed by atoms with E-state index in [0.29, 0.717) is 67.7 Å². The van der Waals surface area contributed by atoms with Gasteiger partial charge < -0.3 is 29.4 Å². The van der Waals surface area contributed by atoms with E-state index in [2.05, 4.69) is 47.3 Å². The van der Waals surface area contributed by atoms with E-state index in [4.69, 9.17) is 35.5 Å². The zero-order valence-corrected chi connectivity index (χ0v) is 35.5. The highest BCUT2D eigenvalue weighted by Crippen LogP contribution is 2.57. The predicted octanol–water partition coefficient (Wildman–Crippen LogP) is 10.3. The minimum atomic E-state index is -1.10. The summed E-state index contributed by atoms with van der Waals surface area (Å²) in [5.74, 6) is 3.28. The number of ether oxygens (including phenoxy) is 4. The third-order valence-corrected chi connectivity index (χ3v) is 13.3. The van der Waals surface area contributed by atoms with Crippen LogP contribution in [0.15, 0.2) is 91.3 Å². The number of hydrogen-bond acceptors (Lipinski definition) is 9. The number of hydrogen-bond donors (Lipinski definition) is 2. The molecule has 0 saturated heterocycles. The summed E-state index contributed by atoms with van der Waals surface area (Å²) in [6.07, 6.45) is 11.3. The molecule has 60 heavy (non-hydrogen) atoms. The molecule has 1 saturated carbocycles. The van der Waals surface area contributed by atoms with Gasteiger partial charge in [0.05, 0.1) is 38.2 Å². The van der Waals surface area contributed by atoms with Crippen LogP contribution in [0.2, 0.25) is 5.02 Å². The zero-order chi connectivity index (χ0) is 41.7. The second-order valence-corrected chi connectivity index (χ2v) is 17.4. The molecule has 0 radical (unpaired) electrons. The second kappa shape index (κ2) is 18.2. The van der Waals surface area contributed by atoms with Crippen molar-refractivity contribution < 1.29 is 28.8 Å². The second-order valence-electron chi connectivity index (χ2n) is 17.0. The molecule has 2 heterocycles. The first-order valence-corrected chi connectivity index (χ1v) is 21.7. The molecule has 2 N–H and O–H groups in total. The zero-order valence-electron chi connectivity index (χ0n) is 34.8. The van der Waals surface area contributed by atoms with E-state index < -0.39 is 11.5 Å². The summed E-state index contributed by atoms with van der Waals surface area (Å²) in [6.45, 7) is 6.26. The largest absolute Gasteiger partial charge is 0.496 e. The van der Waals surface area contributed by atoms with Crippen LogP contribution >= 0.6 is 11.6 Å². The number of halogens is 1. The van der Waals surface area contributed by atoms with Crippen molar-refractivity contribution in [1.29, 1.82) is 0 Å². The number of anilines is 1. The van der Waals surface area contributed by atoms with Gasteiger partial charge >= 0.3 is 5.97 Å². The lowest BCUT2D eigenvalue weighted by atomic mass is 9.59. The maximum atomic E-state index is 13.1. The molecule has 0 bridgehead atoms. The lowest BCUT2D eigenvalue weighted by molar-refractivity contribution is -0.144. The first-order chi connectivity index (χ1) is 29.2. The summed E-state index contributed by atoms with van der Waals surface area (Å²) in [6, 6.07) is 25.4. The summed E-state index contributed by atoms with van der Waals surface area (Å²) < 4.78 is 24.5. The van der Waals surface area contributed by atoms with Crippen molar-refractivity contribution in [2.24, 2.45) is 11.8 Å². The molecule has 8 rings (SSSR count). The Bertz CT molecular complexity index is 2290. The van der Waals surface area contributed by atoms with Gasteiger partial charge in [-0.05, 0) is 147 Å². The highest BCUT2D eigenvalue weighted by atomic mass is 35.5. The molecule has 3 atom stereocenters. The van der Waals surface area contributed by atoms with Crippen molar-refractivity contribution in [2.75, 3.05) is 32.2 Å². The van der Waals surface area contributed by atoms with E-state index in [1.807, 2.05) is 54.7 Å². The number of nitrogens with zero attached hydrogens (tertiary/aromatic N) is 3. The van der Waals surface area contributed by atoms with Gasteiger partial charge in [-0.2, -0.15) is 0 Å². The molecule has 10 nitrogen and oxygen atoms in total. The molecule has 1 spiro atoms. The molecule has 0 aliphatic heterocycles. The molecule has 1 fully saturated rings. The number of benzene rings is 3. The Morgan fingerprint density at radius 2 is 1.78 bits per heavy atom. The van der Waals surface area contributed by atoms with Crippen molar-refractivity contribution in [3.05, 3.63) is 124 Å². The topological polar surface area (TPSA) is 125 Å². The van der Waals surface area contributed by atoms with E-state index in [-0.39, 0.29) is 11.3 Å². The third kappa shape index (κ3) is 8.82. The van der Waals surface area contributed by atoms with Gasteiger partial charge in [0.1, 0.15) is 29.4 Å². The van der Waals surface area contributed by atoms with E-state index in [1.165, 1.54) is 28.8 Å². The fourth-order valence-corrected chi connectivity index (χ4v) is 10.2. The van der Waals surface area contributed by atoms with Crippen LogP contribution in [-0.2, 0) is 34.4 Å². The number of aliphatic carboxylic acids is 1. The van der Waals surface area contributed by atoms with Crippen molar-refractivity contribution in [3.63, 3.8) is 0 Å². The van der Waals surface area contributed by atoms with Crippen LogP contribution in [0.3, 0.4) is 0 Å². The van der Waals surface area contributed by atoms with Gasteiger partial charge in [0.25, 0.3) is 0 Å². The first-order valence-electron chi connectivity index (χ1n) is 21.3. The smallest absolute Gasteiger partial charge is 0.329 e. The fourth-order valence-electron chi connectivity index (χ4n) is 10.00. The van der Waals surface area contributed by atoms with Crippen molar-refractivity contribution >= 4 is 23.3 Å². The van der Waals surface area contributed by atoms with Gasteiger partial charge in [0.15, 0.2) is 5.82 Å². The summed E-state index contributed by atoms with van der Waals surface area (Å²) in [7, 11) is 1.64. The van der Waals surface area contributed by atoms with Gasteiger partial charge in [-0.1, -0.05) is 49.7 Å². The number of para-hydroxylation sites is 1. The molecule has 0 amide bonds. The molecule has 3 aliphatic carbocycles. The van der Waals surface area contributed by atoms with Gasteiger partial charge in [0, 0.05) is 34.4 Å². The van der Waals surface area contributed by atoms with Crippen molar-refractivity contribution in [2.45, 2.75) is 95.1 Å². The average Bonchev–Trinajstić information content (AvgIpc) is 3.54. The Labute approximate surface area is 358 Å². The average molecular weight is 831 g/mol. The van der Waals surface area contributed by atoms with Gasteiger partial charge in [0.2, 0.25) is 0 Å². The SMILES string of the molecule is COc1ccccc1-c1nccc(COCCOc2ccc3c(c2)C2(CCC(Nc4cccc(Cl)c4)(C(=O)O)CC2)[C@@H](C[C@@H](C)COc2ccnc4c2[C@H](C)CCC4)C3)n1. The minimum Gasteiger partial charge on any atom is -0.496 e. The minimum absolute atomic E-state index is 0.203. The number of pyridine rings is 1. The quantitative estimate of drug-likeness (QED) is 0.0929. The third-order valence-electron chi connectivity index (χ3n) is 13.1. The summed E-state index contributed by atoms with van der Waals surface area (Å²) >= 11 is 6.32. The van der Waals surface area contributed by atoms with Crippen LogP contribution in [-0.4, -0.2) is 58.5 Å². The summed E-state index contributed by atoms with van der Waals surface area (Å²) in [4.78, 5) is 26.9. The number of methoxy groups -OCH3 is 1. The summed E-state index contributed by atoms with van der Waals surface area (Å²) in [5.41, 5.74) is 6.05. The Morgan fingerprint density at radius 3 is 2.60 bits per heavy atom. The highest BCUT2D eigenvalue weighted by Gasteiger charge is 2.54. The Morgan fingerprint density at radius 1 is 0.950 bits per heavy atom. The maximum Gasteiger partial charge on any atom is 0.329 e. The Balaban J connectivity index is 0.960. The first kappa shape index (κ1) is 41.5. The van der Waals surface area contributed by atoms with E-state index in [9.17, 15) is 9.90 Å².